The van der Waals surface area contributed by atoms with Gasteiger partial charge in [0.15, 0.2) is 6.10 Å². The Morgan fingerprint density at radius 2 is 1.62 bits per heavy atom. The van der Waals surface area contributed by atoms with Crippen LogP contribution in [0.4, 0.5) is 8.78 Å². The predicted octanol–water partition coefficient (Wildman–Crippen LogP) is 4.04. The minimum atomic E-state index is -2.92. The highest BCUT2D eigenvalue weighted by molar-refractivity contribution is 6.41. The summed E-state index contributed by atoms with van der Waals surface area (Å²) in [5.41, 5.74) is 3.30. The number of ketones is 2. The molecule has 0 N–H and O–H groups in total. The molecular formula is C24H25F2N3O5. The van der Waals surface area contributed by atoms with Crippen LogP contribution in [0.5, 0.6) is 5.75 Å². The second kappa shape index (κ2) is 9.58. The predicted molar refractivity (Wildman–Crippen MR) is 119 cm³/mol. The highest BCUT2D eigenvalue weighted by atomic mass is 19.3. The fourth-order valence-corrected chi connectivity index (χ4v) is 3.88. The minimum Gasteiger partial charge on any atom is -0.448 e. The van der Waals surface area contributed by atoms with E-state index >= 15 is 0 Å². The van der Waals surface area contributed by atoms with Crippen molar-refractivity contribution in [2.75, 3.05) is 0 Å². The number of hydrogen-bond donors (Lipinski definition) is 0. The molecule has 8 nitrogen and oxygen atoms in total. The molecular weight excluding hydrogens is 448 g/mol. The van der Waals surface area contributed by atoms with Crippen molar-refractivity contribution < 1.29 is 32.6 Å². The first-order valence-electron chi connectivity index (χ1n) is 10.5. The summed E-state index contributed by atoms with van der Waals surface area (Å²) in [6.07, 6.45) is -1.20. The smallest absolute Gasteiger partial charge is 0.387 e. The van der Waals surface area contributed by atoms with Crippen molar-refractivity contribution in [2.45, 2.75) is 47.3 Å². The van der Waals surface area contributed by atoms with E-state index in [1.54, 1.807) is 57.5 Å². The molecule has 0 saturated carbocycles. The number of Topliss-reactive ketones (excluding diaryl/α,β-unsaturated/α-hetero) is 2. The van der Waals surface area contributed by atoms with E-state index in [0.717, 1.165) is 0 Å². The Balaban J connectivity index is 1.79. The average molecular weight is 473 g/mol. The van der Waals surface area contributed by atoms with Gasteiger partial charge in [0, 0.05) is 35.4 Å². The number of aryl methyl sites for hydroxylation is 3. The van der Waals surface area contributed by atoms with Crippen molar-refractivity contribution in [3.63, 3.8) is 0 Å². The molecule has 3 rings (SSSR count). The van der Waals surface area contributed by atoms with Gasteiger partial charge < -0.3 is 14.0 Å². The number of carbonyl (C=O) groups is 3. The third-order valence-electron chi connectivity index (χ3n) is 5.59. The summed E-state index contributed by atoms with van der Waals surface area (Å²) in [6, 6.07) is 7.63. The molecule has 0 amide bonds. The zero-order valence-corrected chi connectivity index (χ0v) is 19.7. The number of carbonyl (C=O) groups excluding carboxylic acids is 3. The van der Waals surface area contributed by atoms with Crippen molar-refractivity contribution in [3.05, 3.63) is 64.2 Å². The molecule has 180 valence electrons. The number of rotatable bonds is 8. The molecule has 0 unspecified atom stereocenters. The van der Waals surface area contributed by atoms with Crippen LogP contribution in [0.15, 0.2) is 30.3 Å². The largest absolute Gasteiger partial charge is 0.448 e. The van der Waals surface area contributed by atoms with Gasteiger partial charge in [0.2, 0.25) is 5.78 Å². The SMILES string of the molecule is Cc1nn(C)c(C)c1C(=O)C(=O)O[C@@H](C)C(=O)c1cc(C)n(-c2ccc(OC(F)F)cc2)c1C. The van der Waals surface area contributed by atoms with Gasteiger partial charge in [-0.1, -0.05) is 0 Å². The van der Waals surface area contributed by atoms with Gasteiger partial charge in [-0.3, -0.25) is 14.3 Å². The lowest BCUT2D eigenvalue weighted by Gasteiger charge is -2.13. The zero-order chi connectivity index (χ0) is 25.3. The van der Waals surface area contributed by atoms with Crippen LogP contribution in [0.2, 0.25) is 0 Å². The number of aromatic nitrogens is 3. The molecule has 1 atom stereocenters. The van der Waals surface area contributed by atoms with Gasteiger partial charge in [-0.25, -0.2) is 4.79 Å². The summed E-state index contributed by atoms with van der Waals surface area (Å²) >= 11 is 0. The Bertz CT molecular complexity index is 1260. The van der Waals surface area contributed by atoms with E-state index in [9.17, 15) is 23.2 Å². The molecule has 0 aliphatic carbocycles. The van der Waals surface area contributed by atoms with Crippen LogP contribution in [0, 0.1) is 27.7 Å². The first kappa shape index (κ1) is 24.8. The van der Waals surface area contributed by atoms with E-state index in [-0.39, 0.29) is 11.3 Å². The summed E-state index contributed by atoms with van der Waals surface area (Å²) in [5, 5.41) is 4.12. The number of nitrogens with zero attached hydrogens (tertiary/aromatic N) is 3. The summed E-state index contributed by atoms with van der Waals surface area (Å²) in [4.78, 5) is 38.1. The van der Waals surface area contributed by atoms with Crippen LogP contribution in [0.25, 0.3) is 5.69 Å². The Hall–Kier alpha value is -3.82. The average Bonchev–Trinajstić information content (AvgIpc) is 3.20. The van der Waals surface area contributed by atoms with Gasteiger partial charge in [0.25, 0.3) is 5.78 Å². The summed E-state index contributed by atoms with van der Waals surface area (Å²) in [5.74, 6) is -2.46. The topological polar surface area (TPSA) is 92.4 Å². The molecule has 0 spiro atoms. The standard InChI is InChI=1S/C24H25F2N3O5/c1-12-11-19(14(3)29(12)17-7-9-18(10-8-17)34-24(25)26)21(30)16(5)33-23(32)22(31)20-13(2)27-28(6)15(20)4/h7-11,16,24H,1-6H3/t16-/m0/s1. The lowest BCUT2D eigenvalue weighted by molar-refractivity contribution is -0.140. The van der Waals surface area contributed by atoms with E-state index < -0.39 is 30.3 Å². The minimum absolute atomic E-state index is 0.0156. The number of benzene rings is 1. The van der Waals surface area contributed by atoms with Gasteiger partial charge in [-0.15, -0.1) is 0 Å². The van der Waals surface area contributed by atoms with Crippen molar-refractivity contribution in [1.29, 1.82) is 0 Å². The van der Waals surface area contributed by atoms with Gasteiger partial charge in [0.05, 0.1) is 11.3 Å². The molecule has 0 bridgehead atoms. The molecule has 2 heterocycles. The summed E-state index contributed by atoms with van der Waals surface area (Å²) in [6.45, 7) is 5.25. The normalized spacial score (nSPS) is 12.0. The maximum atomic E-state index is 13.0. The van der Waals surface area contributed by atoms with Crippen molar-refractivity contribution >= 4 is 17.5 Å². The van der Waals surface area contributed by atoms with E-state index in [0.29, 0.717) is 34.0 Å². The highest BCUT2D eigenvalue weighted by Gasteiger charge is 2.30. The third kappa shape index (κ3) is 4.75. The first-order chi connectivity index (χ1) is 15.9. The van der Waals surface area contributed by atoms with Crippen LogP contribution in [-0.4, -0.2) is 44.6 Å². The maximum absolute atomic E-state index is 13.0. The molecule has 0 saturated heterocycles. The van der Waals surface area contributed by atoms with Crippen LogP contribution in [0.3, 0.4) is 0 Å². The second-order valence-electron chi connectivity index (χ2n) is 7.90. The number of hydrogen-bond acceptors (Lipinski definition) is 6. The first-order valence-corrected chi connectivity index (χ1v) is 10.5. The zero-order valence-electron chi connectivity index (χ0n) is 19.7. The summed E-state index contributed by atoms with van der Waals surface area (Å²) < 4.78 is 37.6. The van der Waals surface area contributed by atoms with Gasteiger partial charge >= 0.3 is 12.6 Å². The number of esters is 1. The number of halogens is 2. The van der Waals surface area contributed by atoms with Crippen LogP contribution in [-0.2, 0) is 16.6 Å². The summed E-state index contributed by atoms with van der Waals surface area (Å²) in [7, 11) is 1.66. The van der Waals surface area contributed by atoms with E-state index in [1.807, 2.05) is 0 Å². The van der Waals surface area contributed by atoms with Crippen LogP contribution in [0.1, 0.15) is 50.4 Å². The Morgan fingerprint density at radius 1 is 1.00 bits per heavy atom. The molecule has 10 heteroatoms. The molecule has 0 aliphatic heterocycles. The molecule has 3 aromatic rings. The Kier molecular flexibility index (Phi) is 6.99. The molecule has 0 fully saturated rings. The fourth-order valence-electron chi connectivity index (χ4n) is 3.88. The molecule has 34 heavy (non-hydrogen) atoms. The fraction of sp³-hybridized carbons (Fsp3) is 0.333. The Morgan fingerprint density at radius 3 is 2.15 bits per heavy atom. The number of alkyl halides is 2. The molecule has 2 aromatic heterocycles. The molecule has 0 radical (unpaired) electrons. The lowest BCUT2D eigenvalue weighted by atomic mass is 10.1. The van der Waals surface area contributed by atoms with Gasteiger partial charge in [-0.2, -0.15) is 13.9 Å². The highest BCUT2D eigenvalue weighted by Crippen LogP contribution is 2.25. The number of ether oxygens (including phenoxy) is 2. The monoisotopic (exact) mass is 473 g/mol. The van der Waals surface area contributed by atoms with E-state index in [4.69, 9.17) is 4.74 Å². The lowest BCUT2D eigenvalue weighted by Crippen LogP contribution is -2.29. The van der Waals surface area contributed by atoms with E-state index in [1.165, 1.54) is 23.7 Å². The van der Waals surface area contributed by atoms with Crippen LogP contribution < -0.4 is 4.74 Å². The Labute approximate surface area is 195 Å². The van der Waals surface area contributed by atoms with Gasteiger partial charge in [0.1, 0.15) is 5.75 Å². The van der Waals surface area contributed by atoms with Crippen molar-refractivity contribution in [2.24, 2.45) is 7.05 Å². The van der Waals surface area contributed by atoms with Crippen molar-refractivity contribution in [1.82, 2.24) is 14.3 Å². The second-order valence-corrected chi connectivity index (χ2v) is 7.90. The van der Waals surface area contributed by atoms with E-state index in [2.05, 4.69) is 9.84 Å². The van der Waals surface area contributed by atoms with Crippen molar-refractivity contribution in [3.8, 4) is 11.4 Å². The molecule has 1 aromatic carbocycles. The quantitative estimate of drug-likeness (QED) is 0.279. The van der Waals surface area contributed by atoms with Gasteiger partial charge in [-0.05, 0) is 65.0 Å². The van der Waals surface area contributed by atoms with Crippen LogP contribution >= 0.6 is 0 Å². The molecule has 0 aliphatic rings. The maximum Gasteiger partial charge on any atom is 0.387 e. The third-order valence-corrected chi connectivity index (χ3v) is 5.59.